The smallest absolute Gasteiger partial charge is 0.327 e. The van der Waals surface area contributed by atoms with Crippen LogP contribution in [-0.2, 0) is 4.79 Å². The minimum atomic E-state index is -0.981. The summed E-state index contributed by atoms with van der Waals surface area (Å²) in [5.41, 5.74) is 0. The van der Waals surface area contributed by atoms with Gasteiger partial charge >= 0.3 is 5.97 Å². The molecule has 0 aliphatic rings. The van der Waals surface area contributed by atoms with Crippen molar-refractivity contribution in [2.45, 2.75) is 6.92 Å². The highest BCUT2D eigenvalue weighted by Gasteiger charge is 1.73. The van der Waals surface area contributed by atoms with E-state index >= 15 is 0 Å². The van der Waals surface area contributed by atoms with Gasteiger partial charge in [0, 0.05) is 20.2 Å². The van der Waals surface area contributed by atoms with Gasteiger partial charge in [0.15, 0.2) is 0 Å². The fraction of sp³-hybridized carbons (Fsp3) is 0.375. The lowest BCUT2D eigenvalue weighted by Gasteiger charge is -1.99. The molecule has 0 saturated carbocycles. The molecule has 0 heterocycles. The number of aliphatic carboxylic acids is 1. The first-order valence-corrected chi connectivity index (χ1v) is 3.19. The number of carboxylic acid groups (broad SMARTS) is 1. The molecule has 0 aromatic rings. The van der Waals surface area contributed by atoms with Gasteiger partial charge in [-0.2, -0.15) is 0 Å². The van der Waals surface area contributed by atoms with Gasteiger partial charge < -0.3 is 10.0 Å². The summed E-state index contributed by atoms with van der Waals surface area (Å²) in [5.74, 6) is -0.981. The summed E-state index contributed by atoms with van der Waals surface area (Å²) in [4.78, 5) is 11.2. The Morgan fingerprint density at radius 2 is 1.91 bits per heavy atom. The second kappa shape index (κ2) is 8.75. The van der Waals surface area contributed by atoms with E-state index in [4.69, 9.17) is 5.11 Å². The van der Waals surface area contributed by atoms with Crippen LogP contribution < -0.4 is 0 Å². The summed E-state index contributed by atoms with van der Waals surface area (Å²) in [6, 6.07) is 0. The van der Waals surface area contributed by atoms with Crippen LogP contribution in [0.1, 0.15) is 6.92 Å². The summed E-state index contributed by atoms with van der Waals surface area (Å²) in [7, 11) is 4.00. The molecular formula is C8H15NO2. The van der Waals surface area contributed by atoms with Gasteiger partial charge in [0.25, 0.3) is 0 Å². The predicted molar refractivity (Wildman–Crippen MR) is 46.3 cm³/mol. The van der Waals surface area contributed by atoms with E-state index in [1.54, 1.807) is 0 Å². The van der Waals surface area contributed by atoms with E-state index in [9.17, 15) is 4.79 Å². The van der Waals surface area contributed by atoms with E-state index in [-0.39, 0.29) is 0 Å². The van der Waals surface area contributed by atoms with Crippen LogP contribution in [0.5, 0.6) is 0 Å². The van der Waals surface area contributed by atoms with E-state index in [1.807, 2.05) is 38.2 Å². The van der Waals surface area contributed by atoms with Crippen LogP contribution >= 0.6 is 0 Å². The molecule has 0 unspecified atom stereocenters. The molecule has 0 aromatic carbocycles. The van der Waals surface area contributed by atoms with E-state index < -0.39 is 5.97 Å². The van der Waals surface area contributed by atoms with Crippen molar-refractivity contribution < 1.29 is 9.90 Å². The molecule has 0 spiro atoms. The Balaban J connectivity index is 0. The maximum absolute atomic E-state index is 9.25. The van der Waals surface area contributed by atoms with Crippen molar-refractivity contribution in [3.63, 3.8) is 0 Å². The summed E-state index contributed by atoms with van der Waals surface area (Å²) in [6.45, 7) is 4.96. The molecule has 64 valence electrons. The topological polar surface area (TPSA) is 40.5 Å². The Labute approximate surface area is 67.6 Å². The average Bonchev–Trinajstić information content (AvgIpc) is 1.89. The molecule has 0 bridgehead atoms. The van der Waals surface area contributed by atoms with Gasteiger partial charge in [-0.1, -0.05) is 12.7 Å². The van der Waals surface area contributed by atoms with Crippen LogP contribution in [0.2, 0.25) is 0 Å². The number of hydrogen-bond donors (Lipinski definition) is 1. The Morgan fingerprint density at radius 3 is 1.91 bits per heavy atom. The van der Waals surface area contributed by atoms with Gasteiger partial charge in [0.2, 0.25) is 0 Å². The maximum Gasteiger partial charge on any atom is 0.327 e. The molecule has 0 radical (unpaired) electrons. The molecule has 1 N–H and O–H groups in total. The molecule has 0 aliphatic carbocycles. The molecule has 0 saturated heterocycles. The SMILES string of the molecule is C=CC(=O)O.CC=CN(C)C. The molecule has 0 atom stereocenters. The average molecular weight is 157 g/mol. The van der Waals surface area contributed by atoms with Crippen molar-refractivity contribution in [1.29, 1.82) is 0 Å². The lowest BCUT2D eigenvalue weighted by atomic mass is 10.7. The number of carboxylic acids is 1. The number of hydrogen-bond acceptors (Lipinski definition) is 2. The molecule has 0 amide bonds. The number of carbonyl (C=O) groups is 1. The third kappa shape index (κ3) is 28.4. The standard InChI is InChI=1S/C5H11N.C3H4O2/c1-4-5-6(2)3;1-2-3(4)5/h4-5H,1-3H3;2H,1H2,(H,4,5). The van der Waals surface area contributed by atoms with Crippen LogP contribution in [0.15, 0.2) is 24.9 Å². The molecule has 0 rings (SSSR count). The summed E-state index contributed by atoms with van der Waals surface area (Å²) in [5, 5.41) is 7.60. The van der Waals surface area contributed by atoms with Crippen molar-refractivity contribution >= 4 is 5.97 Å². The van der Waals surface area contributed by atoms with Crippen molar-refractivity contribution in [2.75, 3.05) is 14.1 Å². The second-order valence-corrected chi connectivity index (χ2v) is 1.99. The normalized spacial score (nSPS) is 8.27. The molecule has 0 aliphatic heterocycles. The highest BCUT2D eigenvalue weighted by molar-refractivity contribution is 5.78. The first kappa shape index (κ1) is 12.4. The zero-order valence-corrected chi connectivity index (χ0v) is 7.24. The van der Waals surface area contributed by atoms with Crippen molar-refractivity contribution in [1.82, 2.24) is 4.90 Å². The molecular weight excluding hydrogens is 142 g/mol. The zero-order chi connectivity index (χ0) is 9.28. The number of rotatable bonds is 2. The van der Waals surface area contributed by atoms with E-state index in [0.29, 0.717) is 0 Å². The minimum Gasteiger partial charge on any atom is -0.478 e. The third-order valence-electron chi connectivity index (χ3n) is 0.622. The highest BCUT2D eigenvalue weighted by atomic mass is 16.4. The molecule has 3 nitrogen and oxygen atoms in total. The maximum atomic E-state index is 9.25. The van der Waals surface area contributed by atoms with Crippen molar-refractivity contribution in [3.8, 4) is 0 Å². The molecule has 11 heavy (non-hydrogen) atoms. The van der Waals surface area contributed by atoms with Gasteiger partial charge in [-0.15, -0.1) is 0 Å². The summed E-state index contributed by atoms with van der Waals surface area (Å²) < 4.78 is 0. The van der Waals surface area contributed by atoms with Gasteiger partial charge in [0.05, 0.1) is 0 Å². The summed E-state index contributed by atoms with van der Waals surface area (Å²) >= 11 is 0. The molecule has 0 aromatic heterocycles. The monoisotopic (exact) mass is 157 g/mol. The fourth-order valence-corrected chi connectivity index (χ4v) is 0.298. The summed E-state index contributed by atoms with van der Waals surface area (Å²) in [6.07, 6.45) is 4.83. The Hall–Kier alpha value is -1.25. The van der Waals surface area contributed by atoms with Crippen molar-refractivity contribution in [2.24, 2.45) is 0 Å². The zero-order valence-electron chi connectivity index (χ0n) is 7.24. The lowest BCUT2D eigenvalue weighted by molar-refractivity contribution is -0.131. The lowest BCUT2D eigenvalue weighted by Crippen LogP contribution is -1.98. The first-order chi connectivity index (χ1) is 5.04. The first-order valence-electron chi connectivity index (χ1n) is 3.19. The quantitative estimate of drug-likeness (QED) is 0.615. The Bertz CT molecular complexity index is 139. The molecule has 0 fully saturated rings. The van der Waals surface area contributed by atoms with Crippen LogP contribution in [0.25, 0.3) is 0 Å². The minimum absolute atomic E-state index is 0.833. The third-order valence-corrected chi connectivity index (χ3v) is 0.622. The second-order valence-electron chi connectivity index (χ2n) is 1.99. The largest absolute Gasteiger partial charge is 0.478 e. The number of allylic oxidation sites excluding steroid dienone is 1. The van der Waals surface area contributed by atoms with E-state index in [1.165, 1.54) is 0 Å². The predicted octanol–water partition coefficient (Wildman–Crippen LogP) is 1.34. The Morgan fingerprint density at radius 1 is 1.55 bits per heavy atom. The van der Waals surface area contributed by atoms with Gasteiger partial charge in [-0.25, -0.2) is 4.79 Å². The van der Waals surface area contributed by atoms with Crippen LogP contribution in [0, 0.1) is 0 Å². The Kier molecular flexibility index (Phi) is 9.89. The number of nitrogens with zero attached hydrogens (tertiary/aromatic N) is 1. The van der Waals surface area contributed by atoms with Gasteiger partial charge in [-0.3, -0.25) is 0 Å². The van der Waals surface area contributed by atoms with E-state index in [2.05, 4.69) is 6.58 Å². The highest BCUT2D eigenvalue weighted by Crippen LogP contribution is 1.71. The van der Waals surface area contributed by atoms with Gasteiger partial charge in [-0.05, 0) is 13.1 Å². The van der Waals surface area contributed by atoms with Crippen LogP contribution in [-0.4, -0.2) is 30.1 Å². The van der Waals surface area contributed by atoms with Crippen LogP contribution in [0.4, 0.5) is 0 Å². The van der Waals surface area contributed by atoms with Crippen LogP contribution in [0.3, 0.4) is 0 Å². The van der Waals surface area contributed by atoms with E-state index in [0.717, 1.165) is 6.08 Å². The van der Waals surface area contributed by atoms with Crippen molar-refractivity contribution in [3.05, 3.63) is 24.9 Å². The van der Waals surface area contributed by atoms with Gasteiger partial charge in [0.1, 0.15) is 0 Å². The fourth-order valence-electron chi connectivity index (χ4n) is 0.298. The molecule has 3 heteroatoms.